The molecule has 0 aliphatic heterocycles. The molecule has 1 aromatic rings. The summed E-state index contributed by atoms with van der Waals surface area (Å²) >= 11 is 7.86. The highest BCUT2D eigenvalue weighted by atomic mass is 127. The van der Waals surface area contributed by atoms with Crippen molar-refractivity contribution in [1.82, 2.24) is 0 Å². The predicted molar refractivity (Wildman–Crippen MR) is 54.6 cm³/mol. The highest BCUT2D eigenvalue weighted by molar-refractivity contribution is 14.1. The van der Waals surface area contributed by atoms with Crippen LogP contribution in [0.25, 0.3) is 0 Å². The molecule has 1 N–H and O–H groups in total. The van der Waals surface area contributed by atoms with Crippen molar-refractivity contribution in [2.45, 2.75) is 12.5 Å². The first-order valence-corrected chi connectivity index (χ1v) is 4.84. The molecule has 0 heterocycles. The van der Waals surface area contributed by atoms with Gasteiger partial charge in [0.1, 0.15) is 0 Å². The van der Waals surface area contributed by atoms with Gasteiger partial charge in [-0.1, -0.05) is 12.1 Å². The molecule has 11 heavy (non-hydrogen) atoms. The Morgan fingerprint density at radius 1 is 1.45 bits per heavy atom. The van der Waals surface area contributed by atoms with Crippen LogP contribution in [0.4, 0.5) is 0 Å². The minimum Gasteiger partial charge on any atom is -0.392 e. The summed E-state index contributed by atoms with van der Waals surface area (Å²) in [7, 11) is 0. The van der Waals surface area contributed by atoms with Crippen LogP contribution in [0.15, 0.2) is 18.2 Å². The van der Waals surface area contributed by atoms with Gasteiger partial charge in [0.25, 0.3) is 0 Å². The first kappa shape index (κ1) is 9.29. The molecule has 0 bridgehead atoms. The van der Waals surface area contributed by atoms with Crippen LogP contribution < -0.4 is 0 Å². The lowest BCUT2D eigenvalue weighted by Crippen LogP contribution is -1.94. The van der Waals surface area contributed by atoms with Crippen molar-refractivity contribution < 1.29 is 5.11 Å². The third kappa shape index (κ3) is 2.07. The molecule has 60 valence electrons. The Morgan fingerprint density at radius 3 is 2.64 bits per heavy atom. The van der Waals surface area contributed by atoms with Crippen LogP contribution in [-0.4, -0.2) is 5.11 Å². The van der Waals surface area contributed by atoms with Crippen LogP contribution in [0.1, 0.15) is 11.1 Å². The Kier molecular flexibility index (Phi) is 3.62. The van der Waals surface area contributed by atoms with Gasteiger partial charge in [0.05, 0.1) is 6.61 Å². The average molecular weight is 283 g/mol. The maximum absolute atomic E-state index is 8.97. The summed E-state index contributed by atoms with van der Waals surface area (Å²) in [6.45, 7) is 0.0706. The number of benzene rings is 1. The second-order valence-corrected chi connectivity index (χ2v) is 3.60. The maximum Gasteiger partial charge on any atom is 0.0695 e. The number of halogens is 2. The van der Waals surface area contributed by atoms with Gasteiger partial charge in [-0.15, -0.1) is 11.6 Å². The lowest BCUT2D eigenvalue weighted by Gasteiger charge is -2.05. The SMILES string of the molecule is OCc1c(I)cccc1CCl. The molecule has 0 saturated heterocycles. The summed E-state index contributed by atoms with van der Waals surface area (Å²) < 4.78 is 1.07. The van der Waals surface area contributed by atoms with E-state index in [9.17, 15) is 0 Å². The number of hydrogen-bond donors (Lipinski definition) is 1. The van der Waals surface area contributed by atoms with Crippen LogP contribution in [0.2, 0.25) is 0 Å². The Balaban J connectivity index is 3.13. The Hall–Kier alpha value is 0.200. The molecule has 0 saturated carbocycles. The highest BCUT2D eigenvalue weighted by Crippen LogP contribution is 2.18. The standard InChI is InChI=1S/C8H8ClIO/c9-4-6-2-1-3-8(10)7(6)5-11/h1-3,11H,4-5H2. The van der Waals surface area contributed by atoms with Gasteiger partial charge >= 0.3 is 0 Å². The fourth-order valence-corrected chi connectivity index (χ4v) is 1.88. The van der Waals surface area contributed by atoms with Crippen LogP contribution >= 0.6 is 34.2 Å². The van der Waals surface area contributed by atoms with Crippen molar-refractivity contribution >= 4 is 34.2 Å². The second-order valence-electron chi connectivity index (χ2n) is 2.17. The van der Waals surface area contributed by atoms with E-state index in [1.165, 1.54) is 0 Å². The molecule has 3 heteroatoms. The van der Waals surface area contributed by atoms with Crippen LogP contribution in [-0.2, 0) is 12.5 Å². The number of aliphatic hydroxyl groups excluding tert-OH is 1. The minimum atomic E-state index is 0.0706. The molecule has 0 aromatic heterocycles. The zero-order valence-corrected chi connectivity index (χ0v) is 8.76. The van der Waals surface area contributed by atoms with Crippen LogP contribution in [0, 0.1) is 3.57 Å². The predicted octanol–water partition coefficient (Wildman–Crippen LogP) is 2.52. The summed E-state index contributed by atoms with van der Waals surface area (Å²) in [5.41, 5.74) is 1.96. The zero-order valence-electron chi connectivity index (χ0n) is 5.85. The molecule has 0 atom stereocenters. The van der Waals surface area contributed by atoms with Crippen molar-refractivity contribution in [3.05, 3.63) is 32.9 Å². The van der Waals surface area contributed by atoms with Gasteiger partial charge in [0.2, 0.25) is 0 Å². The minimum absolute atomic E-state index is 0.0706. The molecule has 0 radical (unpaired) electrons. The maximum atomic E-state index is 8.97. The quantitative estimate of drug-likeness (QED) is 0.653. The highest BCUT2D eigenvalue weighted by Gasteiger charge is 2.02. The van der Waals surface area contributed by atoms with Gasteiger partial charge < -0.3 is 5.11 Å². The van der Waals surface area contributed by atoms with E-state index < -0.39 is 0 Å². The number of rotatable bonds is 2. The van der Waals surface area contributed by atoms with E-state index in [4.69, 9.17) is 16.7 Å². The number of alkyl halides is 1. The van der Waals surface area contributed by atoms with Crippen molar-refractivity contribution in [3.63, 3.8) is 0 Å². The van der Waals surface area contributed by atoms with E-state index in [-0.39, 0.29) is 6.61 Å². The fourth-order valence-electron chi connectivity index (χ4n) is 0.906. The molecule has 1 aromatic carbocycles. The van der Waals surface area contributed by atoms with E-state index >= 15 is 0 Å². The van der Waals surface area contributed by atoms with Gasteiger partial charge in [-0.05, 0) is 39.8 Å². The average Bonchev–Trinajstić information content (AvgIpc) is 2.04. The Morgan fingerprint density at radius 2 is 2.18 bits per heavy atom. The van der Waals surface area contributed by atoms with Crippen molar-refractivity contribution in [2.24, 2.45) is 0 Å². The molecular weight excluding hydrogens is 274 g/mol. The fraction of sp³-hybridized carbons (Fsp3) is 0.250. The van der Waals surface area contributed by atoms with Gasteiger partial charge in [0, 0.05) is 9.45 Å². The first-order valence-electron chi connectivity index (χ1n) is 3.22. The molecule has 0 amide bonds. The van der Waals surface area contributed by atoms with Crippen molar-refractivity contribution in [3.8, 4) is 0 Å². The van der Waals surface area contributed by atoms with E-state index in [1.807, 2.05) is 18.2 Å². The van der Waals surface area contributed by atoms with Crippen molar-refractivity contribution in [1.29, 1.82) is 0 Å². The molecule has 0 unspecified atom stereocenters. The molecule has 0 spiro atoms. The molecule has 1 nitrogen and oxygen atoms in total. The normalized spacial score (nSPS) is 10.1. The summed E-state index contributed by atoms with van der Waals surface area (Å²) in [6.07, 6.45) is 0. The van der Waals surface area contributed by atoms with Gasteiger partial charge in [-0.3, -0.25) is 0 Å². The third-order valence-electron chi connectivity index (χ3n) is 1.52. The molecule has 0 aliphatic carbocycles. The lowest BCUT2D eigenvalue weighted by molar-refractivity contribution is 0.280. The van der Waals surface area contributed by atoms with Crippen molar-refractivity contribution in [2.75, 3.05) is 0 Å². The molecule has 0 fully saturated rings. The Bertz CT molecular complexity index is 250. The molecule has 0 aliphatic rings. The van der Waals surface area contributed by atoms with Gasteiger partial charge in [-0.25, -0.2) is 0 Å². The first-order chi connectivity index (χ1) is 5.29. The summed E-state index contributed by atoms with van der Waals surface area (Å²) in [4.78, 5) is 0. The zero-order chi connectivity index (χ0) is 8.27. The lowest BCUT2D eigenvalue weighted by atomic mass is 10.1. The summed E-state index contributed by atoms with van der Waals surface area (Å²) in [5, 5.41) is 8.97. The summed E-state index contributed by atoms with van der Waals surface area (Å²) in [6, 6.07) is 5.83. The topological polar surface area (TPSA) is 20.2 Å². The monoisotopic (exact) mass is 282 g/mol. The number of hydrogen-bond acceptors (Lipinski definition) is 1. The second kappa shape index (κ2) is 4.28. The smallest absolute Gasteiger partial charge is 0.0695 e. The summed E-state index contributed by atoms with van der Waals surface area (Å²) in [5.74, 6) is 0.465. The third-order valence-corrected chi connectivity index (χ3v) is 2.82. The van der Waals surface area contributed by atoms with Crippen LogP contribution in [0.5, 0.6) is 0 Å². The Labute approximate surface area is 84.5 Å². The van der Waals surface area contributed by atoms with Crippen LogP contribution in [0.3, 0.4) is 0 Å². The van der Waals surface area contributed by atoms with Gasteiger partial charge in [0.15, 0.2) is 0 Å². The van der Waals surface area contributed by atoms with Gasteiger partial charge in [-0.2, -0.15) is 0 Å². The van der Waals surface area contributed by atoms with E-state index in [0.29, 0.717) is 5.88 Å². The molecule has 1 rings (SSSR count). The largest absolute Gasteiger partial charge is 0.392 e. The van der Waals surface area contributed by atoms with E-state index in [1.54, 1.807) is 0 Å². The van der Waals surface area contributed by atoms with E-state index in [0.717, 1.165) is 14.7 Å². The van der Waals surface area contributed by atoms with E-state index in [2.05, 4.69) is 22.6 Å². The molecular formula is C8H8ClIO. The number of aliphatic hydroxyl groups is 1.